The molecule has 430 valence electrons. The van der Waals surface area contributed by atoms with E-state index in [0.29, 0.717) is 17.4 Å². The van der Waals surface area contributed by atoms with Gasteiger partial charge in [0.1, 0.15) is 19.8 Å². The zero-order valence-electron chi connectivity index (χ0n) is 48.7. The fraction of sp³-hybridized carbons (Fsp3) is 0.692. The molecule has 2 unspecified atom stereocenters. The predicted octanol–water partition coefficient (Wildman–Crippen LogP) is 19.0. The van der Waals surface area contributed by atoms with E-state index in [1.54, 1.807) is 0 Å². The lowest BCUT2D eigenvalue weighted by Crippen LogP contribution is -2.37. The molecule has 0 radical (unpaired) electrons. The monoisotopic (exact) mass is 1070 g/mol. The van der Waals surface area contributed by atoms with E-state index in [-0.39, 0.29) is 32.0 Å². The van der Waals surface area contributed by atoms with Crippen molar-refractivity contribution in [3.63, 3.8) is 0 Å². The molecule has 2 atom stereocenters. The lowest BCUT2D eigenvalue weighted by atomic mass is 10.0. The summed E-state index contributed by atoms with van der Waals surface area (Å²) in [5.74, 6) is -0.811. The summed E-state index contributed by atoms with van der Waals surface area (Å²) >= 11 is 0. The predicted molar refractivity (Wildman–Crippen MR) is 321 cm³/mol. The van der Waals surface area contributed by atoms with Gasteiger partial charge in [-0.05, 0) is 96.3 Å². The number of unbranched alkanes of at least 4 members (excludes halogenated alkanes) is 22. The summed E-state index contributed by atoms with van der Waals surface area (Å²) in [6, 6.07) is 0. The van der Waals surface area contributed by atoms with Gasteiger partial charge in [-0.2, -0.15) is 0 Å². The maximum atomic E-state index is 12.8. The number of carbonyl (C=O) groups excluding carboxylic acids is 2. The van der Waals surface area contributed by atoms with Gasteiger partial charge in [0.2, 0.25) is 0 Å². The second kappa shape index (κ2) is 55.4. The second-order valence-electron chi connectivity index (χ2n) is 21.0. The third-order valence-electron chi connectivity index (χ3n) is 12.5. The Kier molecular flexibility index (Phi) is 53.0. The molecule has 0 heterocycles. The van der Waals surface area contributed by atoms with Crippen molar-refractivity contribution in [2.75, 3.05) is 47.5 Å². The van der Waals surface area contributed by atoms with Crippen LogP contribution in [0.4, 0.5) is 0 Å². The molecular weight excluding hydrogens is 954 g/mol. The van der Waals surface area contributed by atoms with Crippen LogP contribution < -0.4 is 0 Å². The van der Waals surface area contributed by atoms with Crippen LogP contribution in [0.3, 0.4) is 0 Å². The van der Waals surface area contributed by atoms with Crippen LogP contribution in [0.5, 0.6) is 0 Å². The molecule has 0 aliphatic carbocycles. The zero-order chi connectivity index (χ0) is 54.9. The SMILES string of the molecule is CC/C=C\C/C=C\C/C=C\C/C=C\C/C=C\C/C=C\C/C=C\C/C=C\CCCCCCCCCCCCCCCCCCC(=O)OC(COC(=O)CCCCCCC/C=C\CCC)COP(=O)(O)OCC[N+](C)(C)C. The van der Waals surface area contributed by atoms with Crippen LogP contribution >= 0.6 is 7.82 Å². The van der Waals surface area contributed by atoms with E-state index >= 15 is 0 Å². The van der Waals surface area contributed by atoms with E-state index in [4.69, 9.17) is 18.5 Å². The number of carbonyl (C=O) groups is 2. The van der Waals surface area contributed by atoms with Crippen molar-refractivity contribution in [1.29, 1.82) is 0 Å². The van der Waals surface area contributed by atoms with Gasteiger partial charge in [0.05, 0.1) is 27.7 Å². The van der Waals surface area contributed by atoms with Gasteiger partial charge < -0.3 is 18.9 Å². The lowest BCUT2D eigenvalue weighted by molar-refractivity contribution is -0.870. The largest absolute Gasteiger partial charge is 0.472 e. The van der Waals surface area contributed by atoms with Crippen molar-refractivity contribution in [3.8, 4) is 0 Å². The number of phosphoric acid groups is 1. The number of likely N-dealkylation sites (N-methyl/N-ethyl adjacent to an activating group) is 1. The highest BCUT2D eigenvalue weighted by atomic mass is 31.2. The minimum Gasteiger partial charge on any atom is -0.462 e. The molecule has 0 fully saturated rings. The van der Waals surface area contributed by atoms with E-state index < -0.39 is 26.5 Å². The van der Waals surface area contributed by atoms with E-state index in [9.17, 15) is 19.0 Å². The first kappa shape index (κ1) is 71.7. The third-order valence-corrected chi connectivity index (χ3v) is 13.5. The molecule has 0 bridgehead atoms. The van der Waals surface area contributed by atoms with Crippen LogP contribution in [0, 0.1) is 0 Å². The molecule has 0 rings (SSSR count). The number of ether oxygens (including phenoxy) is 2. The van der Waals surface area contributed by atoms with Crippen LogP contribution in [0.1, 0.15) is 239 Å². The van der Waals surface area contributed by atoms with Crippen LogP contribution in [-0.4, -0.2) is 74.9 Å². The van der Waals surface area contributed by atoms with Crippen LogP contribution in [0.2, 0.25) is 0 Å². The summed E-state index contributed by atoms with van der Waals surface area (Å²) in [5.41, 5.74) is 0. The van der Waals surface area contributed by atoms with Crippen LogP contribution in [0.15, 0.2) is 109 Å². The van der Waals surface area contributed by atoms with Crippen molar-refractivity contribution in [1.82, 2.24) is 0 Å². The molecule has 1 N–H and O–H groups in total. The Bertz CT molecular complexity index is 1630. The van der Waals surface area contributed by atoms with Crippen LogP contribution in [-0.2, 0) is 32.7 Å². The Labute approximate surface area is 461 Å². The molecule has 0 aliphatic heterocycles. The Balaban J connectivity index is 3.94. The van der Waals surface area contributed by atoms with Gasteiger partial charge in [-0.1, -0.05) is 239 Å². The summed E-state index contributed by atoms with van der Waals surface area (Å²) in [5, 5.41) is 0. The molecular formula is C65H113NO8P+. The first-order valence-electron chi connectivity index (χ1n) is 30.1. The quantitative estimate of drug-likeness (QED) is 0.0211. The molecule has 75 heavy (non-hydrogen) atoms. The van der Waals surface area contributed by atoms with Crippen molar-refractivity contribution in [2.45, 2.75) is 245 Å². The standard InChI is InChI=1S/C65H112NO8P/c1-6-8-10-12-14-16-18-19-20-21-22-23-24-25-26-27-28-29-30-31-32-33-34-35-36-37-38-39-40-41-42-43-44-45-46-47-48-50-52-54-56-58-65(68)74-63(62-73-75(69,70)72-60-59-66(3,4)5)61-71-64(67)57-55-53-51-49-17-15-13-11-9-7-2/h8,10-11,13-14,16,19-20,22-23,25-26,28-29,31-32,34-35,63H,6-7,9,12,15,17-18,21,24,27,30,33,36-62H2,1-5H3/p+1/b10-8-,13-11-,16-14-,20-19-,23-22-,26-25-,29-28-,32-31-,35-34-. The van der Waals surface area contributed by atoms with Crippen molar-refractivity contribution in [3.05, 3.63) is 109 Å². The highest BCUT2D eigenvalue weighted by molar-refractivity contribution is 7.47. The Hall–Kier alpha value is -3.33. The van der Waals surface area contributed by atoms with E-state index in [2.05, 4.69) is 123 Å². The molecule has 9 nitrogen and oxygen atoms in total. The average Bonchev–Trinajstić information content (AvgIpc) is 3.37. The highest BCUT2D eigenvalue weighted by Gasteiger charge is 2.27. The van der Waals surface area contributed by atoms with Gasteiger partial charge in [0.25, 0.3) is 0 Å². The third kappa shape index (κ3) is 59.8. The Morgan fingerprint density at radius 2 is 0.760 bits per heavy atom. The van der Waals surface area contributed by atoms with Crippen molar-refractivity contribution < 1.29 is 42.1 Å². The maximum absolute atomic E-state index is 12.8. The second-order valence-corrected chi connectivity index (χ2v) is 22.5. The lowest BCUT2D eigenvalue weighted by Gasteiger charge is -2.24. The summed E-state index contributed by atoms with van der Waals surface area (Å²) in [4.78, 5) is 35.5. The number of phosphoric ester groups is 1. The normalized spacial score (nSPS) is 14.1. The van der Waals surface area contributed by atoms with E-state index in [1.165, 1.54) is 89.9 Å². The van der Waals surface area contributed by atoms with Gasteiger partial charge in [-0.25, -0.2) is 4.57 Å². The number of rotatable bonds is 54. The Morgan fingerprint density at radius 1 is 0.427 bits per heavy atom. The first-order chi connectivity index (χ1) is 36.5. The fourth-order valence-electron chi connectivity index (χ4n) is 7.92. The molecule has 0 aromatic rings. The molecule has 0 amide bonds. The Morgan fingerprint density at radius 3 is 1.15 bits per heavy atom. The van der Waals surface area contributed by atoms with Gasteiger partial charge in [-0.3, -0.25) is 18.6 Å². The topological polar surface area (TPSA) is 108 Å². The molecule has 0 aromatic heterocycles. The molecule has 0 aromatic carbocycles. The summed E-state index contributed by atoms with van der Waals surface area (Å²) in [6.07, 6.45) is 77.7. The van der Waals surface area contributed by atoms with Gasteiger partial charge in [-0.15, -0.1) is 0 Å². The number of esters is 2. The molecule has 10 heteroatoms. The van der Waals surface area contributed by atoms with Crippen molar-refractivity contribution >= 4 is 19.8 Å². The maximum Gasteiger partial charge on any atom is 0.472 e. The number of hydrogen-bond donors (Lipinski definition) is 1. The number of allylic oxidation sites excluding steroid dienone is 18. The number of quaternary nitrogens is 1. The van der Waals surface area contributed by atoms with Crippen molar-refractivity contribution in [2.24, 2.45) is 0 Å². The number of nitrogens with zero attached hydrogens (tertiary/aromatic N) is 1. The van der Waals surface area contributed by atoms with Gasteiger partial charge >= 0.3 is 19.8 Å². The van der Waals surface area contributed by atoms with E-state index in [1.807, 2.05) is 21.1 Å². The minimum absolute atomic E-state index is 0.0277. The minimum atomic E-state index is -4.38. The smallest absolute Gasteiger partial charge is 0.462 e. The number of hydrogen-bond acceptors (Lipinski definition) is 7. The zero-order valence-corrected chi connectivity index (χ0v) is 49.6. The average molecular weight is 1070 g/mol. The summed E-state index contributed by atoms with van der Waals surface area (Å²) in [6.45, 7) is 4.24. The van der Waals surface area contributed by atoms with Gasteiger partial charge in [0, 0.05) is 12.8 Å². The summed E-state index contributed by atoms with van der Waals surface area (Å²) in [7, 11) is 1.47. The van der Waals surface area contributed by atoms with Crippen LogP contribution in [0.25, 0.3) is 0 Å². The molecule has 0 saturated heterocycles. The molecule has 0 aliphatic rings. The summed E-state index contributed by atoms with van der Waals surface area (Å²) < 4.78 is 34.4. The van der Waals surface area contributed by atoms with E-state index in [0.717, 1.165) is 116 Å². The first-order valence-corrected chi connectivity index (χ1v) is 31.6. The van der Waals surface area contributed by atoms with Gasteiger partial charge in [0.15, 0.2) is 6.10 Å². The molecule has 0 spiro atoms. The highest BCUT2D eigenvalue weighted by Crippen LogP contribution is 2.43. The molecule has 0 saturated carbocycles. The fourth-order valence-corrected chi connectivity index (χ4v) is 8.66.